The first kappa shape index (κ1) is 23.6. The van der Waals surface area contributed by atoms with E-state index >= 15 is 0 Å². The molecule has 1 unspecified atom stereocenters. The number of aromatic amines is 1. The number of nitrogens with one attached hydrogen (secondary N) is 1. The fourth-order valence-corrected chi connectivity index (χ4v) is 4.19. The quantitative estimate of drug-likeness (QED) is 0.435. The molecule has 0 saturated heterocycles. The van der Waals surface area contributed by atoms with Crippen molar-refractivity contribution in [2.45, 2.75) is 53.0 Å². The van der Waals surface area contributed by atoms with Crippen molar-refractivity contribution in [1.29, 1.82) is 0 Å². The van der Waals surface area contributed by atoms with Crippen LogP contribution in [0.2, 0.25) is 0 Å². The number of rotatable bonds is 10. The Labute approximate surface area is 190 Å². The average molecular weight is 435 g/mol. The third kappa shape index (κ3) is 5.39. The molecule has 2 aromatic carbocycles. The van der Waals surface area contributed by atoms with Gasteiger partial charge >= 0.3 is 5.97 Å². The lowest BCUT2D eigenvalue weighted by Gasteiger charge is -2.30. The van der Waals surface area contributed by atoms with E-state index in [0.29, 0.717) is 25.3 Å². The Balaban J connectivity index is 1.86. The molecule has 0 aliphatic carbocycles. The topological polar surface area (TPSA) is 62.4 Å². The summed E-state index contributed by atoms with van der Waals surface area (Å²) < 4.78 is 5.37. The second-order valence-electron chi connectivity index (χ2n) is 8.40. The molecule has 3 aromatic rings. The molecule has 1 aromatic heterocycles. The van der Waals surface area contributed by atoms with Crippen LogP contribution in [0.1, 0.15) is 55.7 Å². The van der Waals surface area contributed by atoms with E-state index in [4.69, 9.17) is 4.74 Å². The second-order valence-corrected chi connectivity index (χ2v) is 8.40. The van der Waals surface area contributed by atoms with Crippen LogP contribution in [0.5, 0.6) is 0 Å². The maximum absolute atomic E-state index is 13.7. The summed E-state index contributed by atoms with van der Waals surface area (Å²) >= 11 is 0. The SMILES string of the molecule is CCOC(=O)C(CCc1ccccc1)CN(C(=O)c1[nH]c2ccccc2c1CC)C(C)C. The van der Waals surface area contributed by atoms with Crippen LogP contribution in [0.25, 0.3) is 10.9 Å². The van der Waals surface area contributed by atoms with Gasteiger partial charge in [0.25, 0.3) is 5.91 Å². The molecule has 0 bridgehead atoms. The van der Waals surface area contributed by atoms with Gasteiger partial charge in [0.2, 0.25) is 0 Å². The van der Waals surface area contributed by atoms with E-state index in [1.807, 2.05) is 63.2 Å². The largest absolute Gasteiger partial charge is 0.466 e. The Morgan fingerprint density at radius 3 is 2.34 bits per heavy atom. The number of carbonyl (C=O) groups excluding carboxylic acids is 2. The predicted molar refractivity (Wildman–Crippen MR) is 129 cm³/mol. The molecule has 0 fully saturated rings. The summed E-state index contributed by atoms with van der Waals surface area (Å²) in [6, 6.07) is 18.1. The predicted octanol–water partition coefficient (Wildman–Crippen LogP) is 5.39. The minimum atomic E-state index is -0.379. The highest BCUT2D eigenvalue weighted by molar-refractivity contribution is 6.01. The fourth-order valence-electron chi connectivity index (χ4n) is 4.19. The number of amides is 1. The van der Waals surface area contributed by atoms with E-state index in [9.17, 15) is 9.59 Å². The summed E-state index contributed by atoms with van der Waals surface area (Å²) in [7, 11) is 0. The molecule has 5 heteroatoms. The lowest BCUT2D eigenvalue weighted by Crippen LogP contribution is -2.43. The lowest BCUT2D eigenvalue weighted by atomic mass is 9.98. The Morgan fingerprint density at radius 2 is 1.69 bits per heavy atom. The maximum Gasteiger partial charge on any atom is 0.310 e. The van der Waals surface area contributed by atoms with E-state index in [1.54, 1.807) is 4.90 Å². The monoisotopic (exact) mass is 434 g/mol. The van der Waals surface area contributed by atoms with Crippen molar-refractivity contribution >= 4 is 22.8 Å². The molecule has 0 aliphatic heterocycles. The van der Waals surface area contributed by atoms with Gasteiger partial charge in [-0.2, -0.15) is 0 Å². The molecular formula is C27H34N2O3. The summed E-state index contributed by atoms with van der Waals surface area (Å²) in [5.41, 5.74) is 3.77. The molecule has 0 spiro atoms. The van der Waals surface area contributed by atoms with Crippen molar-refractivity contribution in [3.05, 3.63) is 71.4 Å². The van der Waals surface area contributed by atoms with Crippen LogP contribution in [0.4, 0.5) is 0 Å². The van der Waals surface area contributed by atoms with Crippen LogP contribution < -0.4 is 0 Å². The molecule has 3 rings (SSSR count). The van der Waals surface area contributed by atoms with E-state index in [0.717, 1.165) is 29.3 Å². The van der Waals surface area contributed by atoms with Crippen molar-refractivity contribution in [3.8, 4) is 0 Å². The molecule has 32 heavy (non-hydrogen) atoms. The lowest BCUT2D eigenvalue weighted by molar-refractivity contribution is -0.148. The van der Waals surface area contributed by atoms with Crippen LogP contribution >= 0.6 is 0 Å². The van der Waals surface area contributed by atoms with Crippen LogP contribution in [0, 0.1) is 5.92 Å². The Kier molecular flexibility index (Phi) is 8.09. The molecule has 170 valence electrons. The summed E-state index contributed by atoms with van der Waals surface area (Å²) in [6.45, 7) is 8.53. The first-order chi connectivity index (χ1) is 15.5. The zero-order chi connectivity index (χ0) is 23.1. The van der Waals surface area contributed by atoms with Gasteiger partial charge in [-0.25, -0.2) is 0 Å². The van der Waals surface area contributed by atoms with Crippen LogP contribution in [0.15, 0.2) is 54.6 Å². The van der Waals surface area contributed by atoms with Crippen LogP contribution in [-0.2, 0) is 22.4 Å². The molecule has 5 nitrogen and oxygen atoms in total. The normalized spacial score (nSPS) is 12.2. The van der Waals surface area contributed by atoms with Gasteiger partial charge in [-0.3, -0.25) is 9.59 Å². The minimum Gasteiger partial charge on any atom is -0.466 e. The second kappa shape index (κ2) is 11.0. The molecule has 0 radical (unpaired) electrons. The minimum absolute atomic E-state index is 0.0488. The number of fused-ring (bicyclic) bond motifs is 1. The van der Waals surface area contributed by atoms with Crippen molar-refractivity contribution < 1.29 is 14.3 Å². The molecular weight excluding hydrogens is 400 g/mol. The summed E-state index contributed by atoms with van der Waals surface area (Å²) in [5, 5.41) is 1.08. The molecule has 1 N–H and O–H groups in total. The number of nitrogens with zero attached hydrogens (tertiary/aromatic N) is 1. The van der Waals surface area contributed by atoms with Crippen LogP contribution in [-0.4, -0.2) is 41.0 Å². The number of hydrogen-bond donors (Lipinski definition) is 1. The number of H-pyrrole nitrogens is 1. The summed E-state index contributed by atoms with van der Waals surface area (Å²) in [4.78, 5) is 31.6. The zero-order valence-electron chi connectivity index (χ0n) is 19.6. The van der Waals surface area contributed by atoms with E-state index in [-0.39, 0.29) is 23.8 Å². The van der Waals surface area contributed by atoms with E-state index in [2.05, 4.69) is 24.0 Å². The number of esters is 1. The van der Waals surface area contributed by atoms with Gasteiger partial charge < -0.3 is 14.6 Å². The van der Waals surface area contributed by atoms with Gasteiger partial charge in [0.1, 0.15) is 5.69 Å². The summed E-state index contributed by atoms with van der Waals surface area (Å²) in [5.74, 6) is -0.688. The van der Waals surface area contributed by atoms with Crippen LogP contribution in [0.3, 0.4) is 0 Å². The summed E-state index contributed by atoms with van der Waals surface area (Å²) in [6.07, 6.45) is 2.15. The van der Waals surface area contributed by atoms with Gasteiger partial charge in [-0.05, 0) is 57.2 Å². The number of carbonyl (C=O) groups is 2. The molecule has 1 amide bonds. The van der Waals surface area contributed by atoms with E-state index < -0.39 is 0 Å². The standard InChI is InChI=1S/C27H34N2O3/c1-5-22-23-14-10-11-15-24(23)28-25(22)26(30)29(19(3)4)18-21(27(31)32-6-2)17-16-20-12-8-7-9-13-20/h7-15,19,21,28H,5-6,16-18H2,1-4H3. The molecule has 1 heterocycles. The molecule has 0 aliphatic rings. The Hall–Kier alpha value is -3.08. The number of hydrogen-bond acceptors (Lipinski definition) is 3. The van der Waals surface area contributed by atoms with Gasteiger partial charge in [0.15, 0.2) is 0 Å². The number of benzene rings is 2. The Bertz CT molecular complexity index is 1040. The van der Waals surface area contributed by atoms with Gasteiger partial charge in [0, 0.05) is 23.5 Å². The fraction of sp³-hybridized carbons (Fsp3) is 0.407. The molecule has 0 saturated carbocycles. The number of ether oxygens (including phenoxy) is 1. The highest BCUT2D eigenvalue weighted by Crippen LogP contribution is 2.25. The third-order valence-corrected chi connectivity index (χ3v) is 5.93. The zero-order valence-corrected chi connectivity index (χ0v) is 19.6. The number of aromatic nitrogens is 1. The van der Waals surface area contributed by atoms with Crippen molar-refractivity contribution in [1.82, 2.24) is 9.88 Å². The smallest absolute Gasteiger partial charge is 0.310 e. The highest BCUT2D eigenvalue weighted by Gasteiger charge is 2.30. The first-order valence-corrected chi connectivity index (χ1v) is 11.6. The van der Waals surface area contributed by atoms with E-state index in [1.165, 1.54) is 5.56 Å². The van der Waals surface area contributed by atoms with Gasteiger partial charge in [-0.1, -0.05) is 55.5 Å². The Morgan fingerprint density at radius 1 is 1.00 bits per heavy atom. The van der Waals surface area contributed by atoms with Crippen molar-refractivity contribution in [2.24, 2.45) is 5.92 Å². The first-order valence-electron chi connectivity index (χ1n) is 11.6. The average Bonchev–Trinajstić information content (AvgIpc) is 3.18. The van der Waals surface area contributed by atoms with Crippen molar-refractivity contribution in [2.75, 3.05) is 13.2 Å². The van der Waals surface area contributed by atoms with Gasteiger partial charge in [0.05, 0.1) is 12.5 Å². The maximum atomic E-state index is 13.7. The number of aryl methyl sites for hydroxylation is 2. The third-order valence-electron chi connectivity index (χ3n) is 5.93. The number of para-hydroxylation sites is 1. The molecule has 1 atom stereocenters. The van der Waals surface area contributed by atoms with Gasteiger partial charge in [-0.15, -0.1) is 0 Å². The van der Waals surface area contributed by atoms with Crippen molar-refractivity contribution in [3.63, 3.8) is 0 Å². The highest BCUT2D eigenvalue weighted by atomic mass is 16.5.